The largest absolute Gasteiger partial charge is 0.472 e. The van der Waals surface area contributed by atoms with Gasteiger partial charge in [-0.2, -0.15) is 0 Å². The Hall–Kier alpha value is -1.60. The van der Waals surface area contributed by atoms with Gasteiger partial charge in [-0.3, -0.25) is 4.79 Å². The third kappa shape index (κ3) is 4.48. The van der Waals surface area contributed by atoms with Gasteiger partial charge in [0.1, 0.15) is 11.9 Å². The van der Waals surface area contributed by atoms with Gasteiger partial charge in [0.15, 0.2) is 0 Å². The smallest absolute Gasteiger partial charge is 0.233 e. The Morgan fingerprint density at radius 1 is 1.38 bits per heavy atom. The Kier molecular flexibility index (Phi) is 5.73. The molecule has 0 bridgehead atoms. The molecule has 2 aromatic rings. The summed E-state index contributed by atoms with van der Waals surface area (Å²) in [6.07, 6.45) is 2.42. The maximum Gasteiger partial charge on any atom is 0.233 e. The molecule has 1 aliphatic rings. The summed E-state index contributed by atoms with van der Waals surface area (Å²) in [5.41, 5.74) is 0. The summed E-state index contributed by atoms with van der Waals surface area (Å²) >= 11 is 4.82. The van der Waals surface area contributed by atoms with Gasteiger partial charge in [-0.05, 0) is 52.3 Å². The van der Waals surface area contributed by atoms with Crippen LogP contribution < -0.4 is 4.74 Å². The summed E-state index contributed by atoms with van der Waals surface area (Å²) < 4.78 is 19.5. The van der Waals surface area contributed by atoms with Crippen molar-refractivity contribution in [1.29, 1.82) is 0 Å². The van der Waals surface area contributed by atoms with Crippen molar-refractivity contribution in [2.24, 2.45) is 0 Å². The lowest BCUT2D eigenvalue weighted by molar-refractivity contribution is -0.127. The van der Waals surface area contributed by atoms with Gasteiger partial charge in [-0.1, -0.05) is 0 Å². The topological polar surface area (TPSA) is 42.4 Å². The second-order valence-electron chi connectivity index (χ2n) is 5.40. The molecular weight excluding hydrogens is 395 g/mol. The van der Waals surface area contributed by atoms with Crippen molar-refractivity contribution in [3.63, 3.8) is 0 Å². The minimum absolute atomic E-state index is 0.0454. The molecule has 7 heteroatoms. The van der Waals surface area contributed by atoms with Gasteiger partial charge in [-0.15, -0.1) is 11.8 Å². The van der Waals surface area contributed by atoms with Crippen LogP contribution >= 0.6 is 27.7 Å². The second kappa shape index (κ2) is 7.98. The number of likely N-dealkylation sites (tertiary alicyclic amines) is 1. The van der Waals surface area contributed by atoms with Gasteiger partial charge in [0, 0.05) is 24.1 Å². The van der Waals surface area contributed by atoms with Crippen molar-refractivity contribution in [3.05, 3.63) is 52.9 Å². The summed E-state index contributed by atoms with van der Waals surface area (Å²) in [5.74, 6) is 0.685. The summed E-state index contributed by atoms with van der Waals surface area (Å²) in [6.45, 7) is 1.24. The number of rotatable bonds is 5. The predicted molar refractivity (Wildman–Crippen MR) is 94.7 cm³/mol. The van der Waals surface area contributed by atoms with Gasteiger partial charge in [0.05, 0.1) is 16.8 Å². The van der Waals surface area contributed by atoms with Crippen molar-refractivity contribution < 1.29 is 13.9 Å². The highest BCUT2D eigenvalue weighted by atomic mass is 79.9. The number of ether oxygens (including phenoxy) is 1. The first kappa shape index (κ1) is 17.2. The standard InChI is InChI=1S/C17H16BrFN2O2S/c18-15-2-1-8-20-17(15)23-13-7-9-21(10-13)16(22)11-24-14-5-3-12(19)4-6-14/h1-6,8,13H,7,9-11H2. The van der Waals surface area contributed by atoms with Crippen molar-refractivity contribution in [3.8, 4) is 5.88 Å². The van der Waals surface area contributed by atoms with E-state index in [4.69, 9.17) is 4.74 Å². The van der Waals surface area contributed by atoms with Crippen LogP contribution in [0.25, 0.3) is 0 Å². The minimum Gasteiger partial charge on any atom is -0.472 e. The Bertz CT molecular complexity index is 714. The maximum absolute atomic E-state index is 12.9. The molecule has 0 aliphatic carbocycles. The molecular formula is C17H16BrFN2O2S. The Morgan fingerprint density at radius 2 is 2.17 bits per heavy atom. The van der Waals surface area contributed by atoms with Crippen LogP contribution in [0.1, 0.15) is 6.42 Å². The summed E-state index contributed by atoms with van der Waals surface area (Å²) in [4.78, 5) is 19.2. The first-order valence-corrected chi connectivity index (χ1v) is 9.33. The highest BCUT2D eigenvalue weighted by Crippen LogP contribution is 2.25. The molecule has 0 spiro atoms. The molecule has 1 unspecified atom stereocenters. The van der Waals surface area contributed by atoms with Crippen LogP contribution in [0, 0.1) is 5.82 Å². The molecule has 0 saturated carbocycles. The van der Waals surface area contributed by atoms with Gasteiger partial charge in [0.25, 0.3) is 0 Å². The quantitative estimate of drug-likeness (QED) is 0.703. The molecule has 1 aromatic carbocycles. The Labute approximate surface area is 152 Å². The van der Waals surface area contributed by atoms with Gasteiger partial charge in [0.2, 0.25) is 11.8 Å². The first-order valence-electron chi connectivity index (χ1n) is 7.55. The van der Waals surface area contributed by atoms with Gasteiger partial charge >= 0.3 is 0 Å². The third-order valence-corrected chi connectivity index (χ3v) is 5.28. The SMILES string of the molecule is O=C(CSc1ccc(F)cc1)N1CCC(Oc2ncccc2Br)C1. The molecule has 2 heterocycles. The molecule has 3 rings (SSSR count). The molecule has 1 amide bonds. The molecule has 1 saturated heterocycles. The predicted octanol–water partition coefficient (Wildman–Crippen LogP) is 3.76. The van der Waals surface area contributed by atoms with E-state index in [1.165, 1.54) is 23.9 Å². The number of nitrogens with zero attached hydrogens (tertiary/aromatic N) is 2. The zero-order valence-corrected chi connectivity index (χ0v) is 15.2. The summed E-state index contributed by atoms with van der Waals surface area (Å²) in [7, 11) is 0. The molecule has 0 N–H and O–H groups in total. The van der Waals surface area contributed by atoms with Crippen LogP contribution in [0.5, 0.6) is 5.88 Å². The van der Waals surface area contributed by atoms with E-state index in [0.717, 1.165) is 15.8 Å². The summed E-state index contributed by atoms with van der Waals surface area (Å²) in [5, 5.41) is 0. The molecule has 0 radical (unpaired) electrons. The number of thioether (sulfide) groups is 1. The number of carbonyl (C=O) groups is 1. The molecule has 1 aliphatic heterocycles. The summed E-state index contributed by atoms with van der Waals surface area (Å²) in [6, 6.07) is 9.87. The molecule has 1 fully saturated rings. The zero-order valence-electron chi connectivity index (χ0n) is 12.8. The van der Waals surface area contributed by atoms with E-state index in [1.807, 2.05) is 12.1 Å². The number of hydrogen-bond donors (Lipinski definition) is 0. The number of aromatic nitrogens is 1. The minimum atomic E-state index is -0.272. The van der Waals surface area contributed by atoms with Crippen molar-refractivity contribution in [2.45, 2.75) is 17.4 Å². The fraction of sp³-hybridized carbons (Fsp3) is 0.294. The van der Waals surface area contributed by atoms with Gasteiger partial charge in [-0.25, -0.2) is 9.37 Å². The number of benzene rings is 1. The Balaban J connectivity index is 1.49. The molecule has 126 valence electrons. The number of carbonyl (C=O) groups excluding carboxylic acids is 1. The van der Waals surface area contributed by atoms with Crippen LogP contribution in [0.15, 0.2) is 52.0 Å². The lowest BCUT2D eigenvalue weighted by Crippen LogP contribution is -2.32. The third-order valence-electron chi connectivity index (χ3n) is 3.68. The van der Waals surface area contributed by atoms with Crippen LogP contribution in [0.4, 0.5) is 4.39 Å². The number of hydrogen-bond acceptors (Lipinski definition) is 4. The fourth-order valence-corrected chi connectivity index (χ4v) is 3.58. The molecule has 1 aromatic heterocycles. The zero-order chi connectivity index (χ0) is 16.9. The van der Waals surface area contributed by atoms with E-state index in [-0.39, 0.29) is 17.8 Å². The average molecular weight is 411 g/mol. The Morgan fingerprint density at radius 3 is 2.92 bits per heavy atom. The monoisotopic (exact) mass is 410 g/mol. The van der Waals surface area contributed by atoms with E-state index in [2.05, 4.69) is 20.9 Å². The fourth-order valence-electron chi connectivity index (χ4n) is 2.43. The highest BCUT2D eigenvalue weighted by Gasteiger charge is 2.28. The molecule has 1 atom stereocenters. The number of amides is 1. The lowest BCUT2D eigenvalue weighted by atomic mass is 10.3. The van der Waals surface area contributed by atoms with E-state index in [0.29, 0.717) is 24.7 Å². The first-order chi connectivity index (χ1) is 11.6. The van der Waals surface area contributed by atoms with Crippen molar-refractivity contribution in [2.75, 3.05) is 18.8 Å². The number of pyridine rings is 1. The van der Waals surface area contributed by atoms with Gasteiger partial charge < -0.3 is 9.64 Å². The van der Waals surface area contributed by atoms with E-state index in [9.17, 15) is 9.18 Å². The van der Waals surface area contributed by atoms with E-state index in [1.54, 1.807) is 23.2 Å². The average Bonchev–Trinajstić information content (AvgIpc) is 3.05. The molecule has 24 heavy (non-hydrogen) atoms. The second-order valence-corrected chi connectivity index (χ2v) is 7.30. The van der Waals surface area contributed by atoms with Crippen LogP contribution in [0.2, 0.25) is 0 Å². The normalized spacial score (nSPS) is 17.1. The maximum atomic E-state index is 12.9. The molecule has 4 nitrogen and oxygen atoms in total. The van der Waals surface area contributed by atoms with Crippen LogP contribution in [-0.2, 0) is 4.79 Å². The van der Waals surface area contributed by atoms with Crippen LogP contribution in [-0.4, -0.2) is 40.7 Å². The van der Waals surface area contributed by atoms with Crippen molar-refractivity contribution in [1.82, 2.24) is 9.88 Å². The van der Waals surface area contributed by atoms with Crippen molar-refractivity contribution >= 4 is 33.6 Å². The highest BCUT2D eigenvalue weighted by molar-refractivity contribution is 9.10. The van der Waals surface area contributed by atoms with Crippen LogP contribution in [0.3, 0.4) is 0 Å². The van der Waals surface area contributed by atoms with E-state index >= 15 is 0 Å². The number of halogens is 2. The van der Waals surface area contributed by atoms with E-state index < -0.39 is 0 Å². The lowest BCUT2D eigenvalue weighted by Gasteiger charge is -2.17.